The first-order chi connectivity index (χ1) is 9.36. The summed E-state index contributed by atoms with van der Waals surface area (Å²) in [6, 6.07) is 3.81. The fourth-order valence-corrected chi connectivity index (χ4v) is 3.38. The van der Waals surface area contributed by atoms with Crippen molar-refractivity contribution in [1.82, 2.24) is 9.88 Å². The Hall–Kier alpha value is -0.310. The van der Waals surface area contributed by atoms with E-state index in [9.17, 15) is 0 Å². The van der Waals surface area contributed by atoms with Gasteiger partial charge in [-0.25, -0.2) is 4.98 Å². The van der Waals surface area contributed by atoms with Gasteiger partial charge in [0.2, 0.25) is 0 Å². The Morgan fingerprint density at radius 1 is 1.20 bits per heavy atom. The van der Waals surface area contributed by atoms with E-state index in [-0.39, 0.29) is 0 Å². The van der Waals surface area contributed by atoms with E-state index in [1.807, 2.05) is 12.1 Å². The largest absolute Gasteiger partial charge is 0.299 e. The van der Waals surface area contributed by atoms with E-state index in [1.54, 1.807) is 0 Å². The normalized spacial score (nSPS) is 21.8. The van der Waals surface area contributed by atoms with Crippen molar-refractivity contribution in [2.24, 2.45) is 11.3 Å². The molecule has 1 fully saturated rings. The minimum atomic E-state index is 0.412. The van der Waals surface area contributed by atoms with Crippen LogP contribution in [0.3, 0.4) is 0 Å². The summed E-state index contributed by atoms with van der Waals surface area (Å²) in [6.45, 7) is 10.2. The summed E-state index contributed by atoms with van der Waals surface area (Å²) in [5.41, 5.74) is 1.49. The summed E-state index contributed by atoms with van der Waals surface area (Å²) in [5, 5.41) is 0.997. The minimum absolute atomic E-state index is 0.412. The number of nitrogens with zero attached hydrogens (tertiary/aromatic N) is 2. The molecule has 1 saturated heterocycles. The molecule has 0 spiro atoms. The molecule has 0 N–H and O–H groups in total. The Kier molecular flexibility index (Phi) is 5.33. The van der Waals surface area contributed by atoms with Crippen LogP contribution < -0.4 is 0 Å². The lowest BCUT2D eigenvalue weighted by Crippen LogP contribution is -2.26. The number of pyridine rings is 1. The molecule has 1 aliphatic heterocycles. The lowest BCUT2D eigenvalue weighted by molar-refractivity contribution is 0.206. The third-order valence-corrected chi connectivity index (χ3v) is 4.87. The average Bonchev–Trinajstić information content (AvgIpc) is 2.58. The van der Waals surface area contributed by atoms with Crippen LogP contribution in [0.25, 0.3) is 0 Å². The standard InChI is InChI=1S/C16H24Cl2N2/c1-16(2,3)13-5-4-9-20(10-8-13)11-12-6-7-14(17)19-15(12)18/h6-7,13H,4-5,8-11H2,1-3H3. The van der Waals surface area contributed by atoms with E-state index >= 15 is 0 Å². The van der Waals surface area contributed by atoms with Gasteiger partial charge in [-0.15, -0.1) is 0 Å². The SMILES string of the molecule is CC(C)(C)C1CCCN(Cc2ccc(Cl)nc2Cl)CC1. The van der Waals surface area contributed by atoms with E-state index in [1.165, 1.54) is 19.3 Å². The van der Waals surface area contributed by atoms with Crippen molar-refractivity contribution in [1.29, 1.82) is 0 Å². The Morgan fingerprint density at radius 3 is 2.60 bits per heavy atom. The molecule has 1 aliphatic rings. The predicted octanol–water partition coefficient (Wildman–Crippen LogP) is 5.04. The van der Waals surface area contributed by atoms with Gasteiger partial charge in [-0.2, -0.15) is 0 Å². The highest BCUT2D eigenvalue weighted by atomic mass is 35.5. The van der Waals surface area contributed by atoms with Crippen molar-refractivity contribution >= 4 is 23.2 Å². The maximum absolute atomic E-state index is 6.17. The van der Waals surface area contributed by atoms with Gasteiger partial charge in [-0.3, -0.25) is 4.90 Å². The van der Waals surface area contributed by atoms with Crippen LogP contribution in [-0.2, 0) is 6.54 Å². The molecule has 0 aliphatic carbocycles. The van der Waals surface area contributed by atoms with Crippen LogP contribution in [0.5, 0.6) is 0 Å². The molecular formula is C16H24Cl2N2. The van der Waals surface area contributed by atoms with Crippen LogP contribution in [0.4, 0.5) is 0 Å². The molecule has 0 saturated carbocycles. The third kappa shape index (κ3) is 4.34. The maximum Gasteiger partial charge on any atom is 0.135 e. The first kappa shape index (κ1) is 16.1. The van der Waals surface area contributed by atoms with Crippen molar-refractivity contribution in [3.05, 3.63) is 28.0 Å². The smallest absolute Gasteiger partial charge is 0.135 e. The molecule has 4 heteroatoms. The minimum Gasteiger partial charge on any atom is -0.299 e. The number of aromatic nitrogens is 1. The summed E-state index contributed by atoms with van der Waals surface area (Å²) in [5.74, 6) is 0.811. The van der Waals surface area contributed by atoms with Crippen molar-refractivity contribution in [2.45, 2.75) is 46.6 Å². The molecular weight excluding hydrogens is 291 g/mol. The molecule has 0 radical (unpaired) electrons. The van der Waals surface area contributed by atoms with Gasteiger partial charge in [-0.1, -0.05) is 50.0 Å². The van der Waals surface area contributed by atoms with Crippen molar-refractivity contribution < 1.29 is 0 Å². The second kappa shape index (κ2) is 6.64. The number of hydrogen-bond donors (Lipinski definition) is 0. The lowest BCUT2D eigenvalue weighted by Gasteiger charge is -2.29. The number of halogens is 2. The zero-order chi connectivity index (χ0) is 14.8. The third-order valence-electron chi connectivity index (χ3n) is 4.33. The van der Waals surface area contributed by atoms with E-state index in [4.69, 9.17) is 23.2 Å². The highest BCUT2D eigenvalue weighted by Gasteiger charge is 2.27. The van der Waals surface area contributed by atoms with Gasteiger partial charge in [0, 0.05) is 12.1 Å². The van der Waals surface area contributed by atoms with Gasteiger partial charge in [0.05, 0.1) is 0 Å². The first-order valence-electron chi connectivity index (χ1n) is 7.39. The number of rotatable bonds is 2. The lowest BCUT2D eigenvalue weighted by atomic mass is 9.77. The molecule has 112 valence electrons. The van der Waals surface area contributed by atoms with Gasteiger partial charge in [-0.05, 0) is 49.8 Å². The van der Waals surface area contributed by atoms with E-state index in [2.05, 4.69) is 30.7 Å². The van der Waals surface area contributed by atoms with Crippen molar-refractivity contribution in [2.75, 3.05) is 13.1 Å². The van der Waals surface area contributed by atoms with Crippen LogP contribution >= 0.6 is 23.2 Å². The van der Waals surface area contributed by atoms with Crippen LogP contribution in [0, 0.1) is 11.3 Å². The quantitative estimate of drug-likeness (QED) is 0.711. The van der Waals surface area contributed by atoms with E-state index < -0.39 is 0 Å². The molecule has 1 atom stereocenters. The monoisotopic (exact) mass is 314 g/mol. The summed E-state index contributed by atoms with van der Waals surface area (Å²) in [7, 11) is 0. The summed E-state index contributed by atoms with van der Waals surface area (Å²) >= 11 is 12.0. The van der Waals surface area contributed by atoms with Crippen LogP contribution in [0.1, 0.15) is 45.6 Å². The highest BCUT2D eigenvalue weighted by Crippen LogP contribution is 2.34. The maximum atomic E-state index is 6.17. The van der Waals surface area contributed by atoms with Gasteiger partial charge in [0.15, 0.2) is 0 Å². The second-order valence-electron chi connectivity index (χ2n) is 6.85. The molecule has 2 nitrogen and oxygen atoms in total. The van der Waals surface area contributed by atoms with E-state index in [0.717, 1.165) is 31.1 Å². The molecule has 0 aromatic carbocycles. The zero-order valence-corrected chi connectivity index (χ0v) is 14.1. The predicted molar refractivity (Wildman–Crippen MR) is 86.3 cm³/mol. The number of likely N-dealkylation sites (tertiary alicyclic amines) is 1. The molecule has 1 aromatic heterocycles. The fraction of sp³-hybridized carbons (Fsp3) is 0.688. The van der Waals surface area contributed by atoms with Gasteiger partial charge < -0.3 is 0 Å². The summed E-state index contributed by atoms with van der Waals surface area (Å²) < 4.78 is 0. The molecule has 2 heterocycles. The molecule has 0 amide bonds. The zero-order valence-electron chi connectivity index (χ0n) is 12.6. The molecule has 20 heavy (non-hydrogen) atoms. The Bertz CT molecular complexity index is 454. The average molecular weight is 315 g/mol. The second-order valence-corrected chi connectivity index (χ2v) is 7.60. The van der Waals surface area contributed by atoms with E-state index in [0.29, 0.717) is 15.7 Å². The Balaban J connectivity index is 1.97. The van der Waals surface area contributed by atoms with Gasteiger partial charge in [0.25, 0.3) is 0 Å². The van der Waals surface area contributed by atoms with Crippen LogP contribution in [-0.4, -0.2) is 23.0 Å². The molecule has 1 aromatic rings. The number of hydrogen-bond acceptors (Lipinski definition) is 2. The first-order valence-corrected chi connectivity index (χ1v) is 8.15. The summed E-state index contributed by atoms with van der Waals surface area (Å²) in [4.78, 5) is 6.61. The fourth-order valence-electron chi connectivity index (χ4n) is 2.98. The van der Waals surface area contributed by atoms with Crippen molar-refractivity contribution in [3.63, 3.8) is 0 Å². The Labute approximate surface area is 132 Å². The molecule has 2 rings (SSSR count). The highest BCUT2D eigenvalue weighted by molar-refractivity contribution is 6.32. The van der Waals surface area contributed by atoms with Crippen LogP contribution in [0.15, 0.2) is 12.1 Å². The summed E-state index contributed by atoms with van der Waals surface area (Å²) in [6.07, 6.45) is 3.86. The molecule has 1 unspecified atom stereocenters. The van der Waals surface area contributed by atoms with Gasteiger partial charge in [0.1, 0.15) is 10.3 Å². The van der Waals surface area contributed by atoms with Gasteiger partial charge >= 0.3 is 0 Å². The molecule has 0 bridgehead atoms. The topological polar surface area (TPSA) is 16.1 Å². The Morgan fingerprint density at radius 2 is 1.95 bits per heavy atom. The van der Waals surface area contributed by atoms with Crippen molar-refractivity contribution in [3.8, 4) is 0 Å². The van der Waals surface area contributed by atoms with Crippen LogP contribution in [0.2, 0.25) is 10.3 Å².